The molecule has 1 saturated carbocycles. The lowest BCUT2D eigenvalue weighted by atomic mass is 9.90. The van der Waals surface area contributed by atoms with Gasteiger partial charge >= 0.3 is 0 Å². The van der Waals surface area contributed by atoms with Crippen molar-refractivity contribution in [3.8, 4) is 11.4 Å². The molecule has 1 aromatic carbocycles. The summed E-state index contributed by atoms with van der Waals surface area (Å²) in [6.07, 6.45) is 11.6. The molecule has 0 saturated heterocycles. The standard InChI is InChI=1S/C31H40BrN5O.C3H6.C2H4O/c1-6-18(3)8-12-24-29-25(7-2)36(20(5)23-17-34-31(32)19(4)30(23)33)15-14-27(29)37(35-24)26-13-11-22(16-28(26)38)21-9-10-21;1-3-2;1-2-3/h11,13,16-18,21,25,38H,5-10,12,14-15H2,1-4H3,(H2,33,34);3H,1H2,2H3;2H,1H3. The summed E-state index contributed by atoms with van der Waals surface area (Å²) in [5.41, 5.74) is 15.6. The van der Waals surface area contributed by atoms with Crippen LogP contribution in [0.4, 0.5) is 5.69 Å². The number of nitrogens with two attached hydrogens (primary N) is 1. The number of aromatic hydroxyl groups is 1. The van der Waals surface area contributed by atoms with E-state index < -0.39 is 0 Å². The normalized spacial score (nSPS) is 16.1. The van der Waals surface area contributed by atoms with Crippen molar-refractivity contribution in [2.45, 2.75) is 98.4 Å². The molecule has 0 spiro atoms. The molecule has 2 unspecified atom stereocenters. The van der Waals surface area contributed by atoms with Crippen molar-refractivity contribution in [2.24, 2.45) is 5.92 Å². The minimum Gasteiger partial charge on any atom is -0.506 e. The number of carbonyl (C=O) groups is 1. The number of rotatable bonds is 9. The topological polar surface area (TPSA) is 97.3 Å². The van der Waals surface area contributed by atoms with Crippen molar-refractivity contribution in [3.05, 3.63) is 81.9 Å². The van der Waals surface area contributed by atoms with Gasteiger partial charge in [0.2, 0.25) is 0 Å². The molecule has 3 aromatic rings. The van der Waals surface area contributed by atoms with Gasteiger partial charge in [-0.15, -0.1) is 6.58 Å². The van der Waals surface area contributed by atoms with E-state index in [-0.39, 0.29) is 6.04 Å². The van der Waals surface area contributed by atoms with Gasteiger partial charge in [-0.1, -0.05) is 45.9 Å². The van der Waals surface area contributed by atoms with Crippen molar-refractivity contribution in [1.82, 2.24) is 19.7 Å². The molecule has 0 amide bonds. The highest BCUT2D eigenvalue weighted by Crippen LogP contribution is 2.44. The number of allylic oxidation sites excluding steroid dienone is 1. The van der Waals surface area contributed by atoms with Gasteiger partial charge in [0.1, 0.15) is 22.3 Å². The summed E-state index contributed by atoms with van der Waals surface area (Å²) in [5.74, 6) is 1.55. The van der Waals surface area contributed by atoms with Crippen molar-refractivity contribution >= 4 is 33.6 Å². The number of aldehydes is 1. The summed E-state index contributed by atoms with van der Waals surface area (Å²) >= 11 is 3.50. The Labute approximate surface area is 272 Å². The van der Waals surface area contributed by atoms with Gasteiger partial charge in [0.05, 0.1) is 17.4 Å². The van der Waals surface area contributed by atoms with Crippen LogP contribution in [0.5, 0.6) is 5.75 Å². The molecule has 1 fully saturated rings. The van der Waals surface area contributed by atoms with Gasteiger partial charge < -0.3 is 20.5 Å². The maximum atomic E-state index is 11.1. The molecular weight excluding hydrogens is 614 g/mol. The van der Waals surface area contributed by atoms with Crippen LogP contribution in [0.3, 0.4) is 0 Å². The quantitative estimate of drug-likeness (QED) is 0.135. The van der Waals surface area contributed by atoms with Crippen LogP contribution >= 0.6 is 15.9 Å². The second-order valence-corrected chi connectivity index (χ2v) is 12.5. The number of pyridine rings is 1. The number of aryl methyl sites for hydroxylation is 1. The summed E-state index contributed by atoms with van der Waals surface area (Å²) in [6.45, 7) is 20.8. The molecule has 2 aliphatic rings. The van der Waals surface area contributed by atoms with E-state index in [2.05, 4.69) is 71.9 Å². The Morgan fingerprint density at radius 3 is 2.50 bits per heavy atom. The van der Waals surface area contributed by atoms with Crippen LogP contribution in [0.15, 0.2) is 48.2 Å². The average molecular weight is 665 g/mol. The lowest BCUT2D eigenvalue weighted by Crippen LogP contribution is -2.34. The first-order chi connectivity index (χ1) is 21.1. The van der Waals surface area contributed by atoms with Gasteiger partial charge in [0.25, 0.3) is 0 Å². The Bertz CT molecular complexity index is 1450. The Hall–Kier alpha value is -3.39. The van der Waals surface area contributed by atoms with Crippen molar-refractivity contribution in [2.75, 3.05) is 12.3 Å². The number of nitrogens with zero attached hydrogens (tertiary/aromatic N) is 4. The summed E-state index contributed by atoms with van der Waals surface area (Å²) < 4.78 is 2.79. The van der Waals surface area contributed by atoms with Gasteiger partial charge in [0, 0.05) is 47.2 Å². The Balaban J connectivity index is 0.000000816. The number of phenolic OH excluding ortho intramolecular Hbond substituents is 1. The van der Waals surface area contributed by atoms with Gasteiger partial charge in [0.15, 0.2) is 0 Å². The SMILES string of the molecule is C=C(c1cnc(Br)c(C)c1N)N1CCc2c(c(CCC(C)CC)nn2-c2ccc(C3CC3)cc2O)C1CC.C=CC.CC=O. The average Bonchev–Trinajstić information content (AvgIpc) is 3.80. The van der Waals surface area contributed by atoms with Crippen molar-refractivity contribution < 1.29 is 9.90 Å². The maximum Gasteiger partial charge on any atom is 0.141 e. The number of nitrogen functional groups attached to an aromatic ring is 1. The van der Waals surface area contributed by atoms with Gasteiger partial charge in [-0.05, 0) is 98.3 Å². The largest absolute Gasteiger partial charge is 0.506 e. The fourth-order valence-corrected chi connectivity index (χ4v) is 6.09. The monoisotopic (exact) mass is 663 g/mol. The maximum absolute atomic E-state index is 11.1. The summed E-state index contributed by atoms with van der Waals surface area (Å²) in [4.78, 5) is 15.7. The van der Waals surface area contributed by atoms with E-state index in [1.165, 1.54) is 36.6 Å². The number of carbonyl (C=O) groups excluding carboxylic acids is 1. The molecule has 2 atom stereocenters. The van der Waals surface area contributed by atoms with E-state index in [1.807, 2.05) is 30.8 Å². The first-order valence-corrected chi connectivity index (χ1v) is 16.6. The molecule has 238 valence electrons. The smallest absolute Gasteiger partial charge is 0.141 e. The van der Waals surface area contributed by atoms with E-state index >= 15 is 0 Å². The van der Waals surface area contributed by atoms with Crippen LogP contribution in [-0.2, 0) is 17.6 Å². The predicted molar refractivity (Wildman–Crippen MR) is 186 cm³/mol. The molecular formula is C36H50BrN5O2. The number of aromatic nitrogens is 3. The van der Waals surface area contributed by atoms with Crippen LogP contribution in [0.25, 0.3) is 11.4 Å². The molecule has 1 aliphatic heterocycles. The first-order valence-electron chi connectivity index (χ1n) is 15.8. The third-order valence-corrected chi connectivity index (χ3v) is 9.40. The number of fused-ring (bicyclic) bond motifs is 1. The van der Waals surface area contributed by atoms with Gasteiger partial charge in [-0.3, -0.25) is 0 Å². The lowest BCUT2D eigenvalue weighted by molar-refractivity contribution is -0.106. The van der Waals surface area contributed by atoms with Crippen molar-refractivity contribution in [3.63, 3.8) is 0 Å². The van der Waals surface area contributed by atoms with E-state index in [1.54, 1.807) is 6.08 Å². The summed E-state index contributed by atoms with van der Waals surface area (Å²) in [5, 5.41) is 16.3. The zero-order valence-corrected chi connectivity index (χ0v) is 29.0. The van der Waals surface area contributed by atoms with E-state index in [9.17, 15) is 5.11 Å². The molecule has 3 N–H and O–H groups in total. The number of halogens is 1. The molecule has 2 aromatic heterocycles. The Kier molecular flexibility index (Phi) is 12.8. The molecule has 44 heavy (non-hydrogen) atoms. The number of hydrogen-bond acceptors (Lipinski definition) is 6. The molecule has 3 heterocycles. The number of phenols is 1. The molecule has 5 rings (SSSR count). The summed E-state index contributed by atoms with van der Waals surface area (Å²) in [6, 6.07) is 6.29. The molecule has 8 heteroatoms. The molecule has 0 bridgehead atoms. The highest BCUT2D eigenvalue weighted by Gasteiger charge is 2.35. The van der Waals surface area contributed by atoms with Crippen LogP contribution in [-0.4, -0.2) is 37.6 Å². The van der Waals surface area contributed by atoms with E-state index in [0.717, 1.165) is 77.7 Å². The zero-order chi connectivity index (χ0) is 32.6. The van der Waals surface area contributed by atoms with Crippen LogP contribution in [0, 0.1) is 12.8 Å². The Morgan fingerprint density at radius 2 is 1.93 bits per heavy atom. The fraction of sp³-hybridized carbons (Fsp3) is 0.472. The van der Waals surface area contributed by atoms with Crippen LogP contribution in [0.2, 0.25) is 0 Å². The van der Waals surface area contributed by atoms with E-state index in [0.29, 0.717) is 23.3 Å². The zero-order valence-electron chi connectivity index (χ0n) is 27.4. The highest BCUT2D eigenvalue weighted by atomic mass is 79.9. The van der Waals surface area contributed by atoms with Crippen molar-refractivity contribution in [1.29, 1.82) is 0 Å². The molecule has 1 aliphatic carbocycles. The highest BCUT2D eigenvalue weighted by molar-refractivity contribution is 9.10. The molecule has 7 nitrogen and oxygen atoms in total. The first kappa shape index (κ1) is 35.1. The van der Waals surface area contributed by atoms with Gasteiger partial charge in [-0.2, -0.15) is 5.10 Å². The minimum absolute atomic E-state index is 0.128. The fourth-order valence-electron chi connectivity index (χ4n) is 5.77. The number of benzene rings is 1. The third kappa shape index (κ3) is 7.81. The lowest BCUT2D eigenvalue weighted by Gasteiger charge is -2.39. The number of hydrogen-bond donors (Lipinski definition) is 2. The third-order valence-electron chi connectivity index (χ3n) is 8.60. The van der Waals surface area contributed by atoms with E-state index in [4.69, 9.17) is 15.6 Å². The van der Waals surface area contributed by atoms with Crippen LogP contribution < -0.4 is 5.73 Å². The second-order valence-electron chi connectivity index (χ2n) is 11.8. The predicted octanol–water partition coefficient (Wildman–Crippen LogP) is 8.86. The minimum atomic E-state index is 0.128. The second kappa shape index (κ2) is 16.1. The van der Waals surface area contributed by atoms with Crippen LogP contribution in [0.1, 0.15) is 112 Å². The van der Waals surface area contributed by atoms with Gasteiger partial charge in [-0.25, -0.2) is 9.67 Å². The number of anilines is 1. The Morgan fingerprint density at radius 1 is 1.27 bits per heavy atom. The molecule has 0 radical (unpaired) electrons. The summed E-state index contributed by atoms with van der Waals surface area (Å²) in [7, 11) is 0.